The van der Waals surface area contributed by atoms with Gasteiger partial charge in [-0.2, -0.15) is 0 Å². The zero-order valence-electron chi connectivity index (χ0n) is 14.4. The number of ketones is 1. The number of anilines is 1. The van der Waals surface area contributed by atoms with E-state index in [-0.39, 0.29) is 12.2 Å². The second-order valence-corrected chi connectivity index (χ2v) is 5.61. The van der Waals surface area contributed by atoms with Crippen molar-refractivity contribution in [1.29, 1.82) is 0 Å². The Morgan fingerprint density at radius 1 is 1.20 bits per heavy atom. The van der Waals surface area contributed by atoms with Crippen LogP contribution in [0.4, 0.5) is 5.69 Å². The number of hydrogen-bond donors (Lipinski definition) is 1. The summed E-state index contributed by atoms with van der Waals surface area (Å²) in [6, 6.07) is 6.65. The Kier molecular flexibility index (Phi) is 6.05. The van der Waals surface area contributed by atoms with E-state index in [1.807, 2.05) is 0 Å². The number of rotatable bonds is 7. The molecule has 0 bridgehead atoms. The third kappa shape index (κ3) is 5.00. The minimum atomic E-state index is -0.501. The SMILES string of the molecule is CC(=O)c1ccccc1NC(=O)COC(=O)CCc1c(C)noc1C. The number of para-hydroxylation sites is 1. The fourth-order valence-electron chi connectivity index (χ4n) is 2.39. The number of aromatic nitrogens is 1. The van der Waals surface area contributed by atoms with Crippen molar-refractivity contribution in [2.45, 2.75) is 33.6 Å². The summed E-state index contributed by atoms with van der Waals surface area (Å²) < 4.78 is 10.00. The topological polar surface area (TPSA) is 98.5 Å². The molecule has 1 amide bonds. The van der Waals surface area contributed by atoms with Gasteiger partial charge in [0.25, 0.3) is 5.91 Å². The van der Waals surface area contributed by atoms with Crippen LogP contribution in [0.3, 0.4) is 0 Å². The van der Waals surface area contributed by atoms with Crippen molar-refractivity contribution in [3.8, 4) is 0 Å². The first-order valence-corrected chi connectivity index (χ1v) is 7.85. The molecule has 0 radical (unpaired) electrons. The van der Waals surface area contributed by atoms with Crippen molar-refractivity contribution in [2.75, 3.05) is 11.9 Å². The normalized spacial score (nSPS) is 10.4. The van der Waals surface area contributed by atoms with Crippen LogP contribution in [-0.2, 0) is 20.7 Å². The highest BCUT2D eigenvalue weighted by Crippen LogP contribution is 2.16. The maximum absolute atomic E-state index is 11.9. The summed E-state index contributed by atoms with van der Waals surface area (Å²) in [5.74, 6) is -0.481. The van der Waals surface area contributed by atoms with Crippen LogP contribution in [0.5, 0.6) is 0 Å². The van der Waals surface area contributed by atoms with Crippen LogP contribution in [0.25, 0.3) is 0 Å². The molecule has 1 heterocycles. The molecule has 0 fully saturated rings. The Balaban J connectivity index is 1.82. The fourth-order valence-corrected chi connectivity index (χ4v) is 2.39. The summed E-state index contributed by atoms with van der Waals surface area (Å²) in [5.41, 5.74) is 2.41. The van der Waals surface area contributed by atoms with Crippen LogP contribution in [0.2, 0.25) is 0 Å². The Morgan fingerprint density at radius 2 is 1.92 bits per heavy atom. The van der Waals surface area contributed by atoms with Gasteiger partial charge in [0, 0.05) is 17.5 Å². The first-order valence-electron chi connectivity index (χ1n) is 7.85. The van der Waals surface area contributed by atoms with Gasteiger partial charge < -0.3 is 14.6 Å². The van der Waals surface area contributed by atoms with Crippen LogP contribution in [0.1, 0.15) is 40.7 Å². The number of amides is 1. The first kappa shape index (κ1) is 18.4. The molecule has 0 saturated heterocycles. The molecule has 0 unspecified atom stereocenters. The Hall–Kier alpha value is -2.96. The van der Waals surface area contributed by atoms with Crippen molar-refractivity contribution in [3.05, 3.63) is 46.8 Å². The second kappa shape index (κ2) is 8.23. The summed E-state index contributed by atoms with van der Waals surface area (Å²) in [4.78, 5) is 35.2. The van der Waals surface area contributed by atoms with Crippen molar-refractivity contribution in [2.24, 2.45) is 0 Å². The molecule has 0 aliphatic rings. The van der Waals surface area contributed by atoms with Gasteiger partial charge in [0.15, 0.2) is 12.4 Å². The van der Waals surface area contributed by atoms with Crippen LogP contribution < -0.4 is 5.32 Å². The lowest BCUT2D eigenvalue weighted by Gasteiger charge is -2.09. The third-order valence-electron chi connectivity index (χ3n) is 3.71. The number of nitrogens with zero attached hydrogens (tertiary/aromatic N) is 1. The van der Waals surface area contributed by atoms with E-state index in [4.69, 9.17) is 9.26 Å². The number of aryl methyl sites for hydroxylation is 2. The molecule has 25 heavy (non-hydrogen) atoms. The van der Waals surface area contributed by atoms with Crippen LogP contribution >= 0.6 is 0 Å². The maximum Gasteiger partial charge on any atom is 0.306 e. The Morgan fingerprint density at radius 3 is 2.56 bits per heavy atom. The molecule has 0 spiro atoms. The standard InChI is InChI=1S/C18H20N2O5/c1-11-14(13(3)25-20-11)8-9-18(23)24-10-17(22)19-16-7-5-4-6-15(16)12(2)21/h4-7H,8-10H2,1-3H3,(H,19,22). The van der Waals surface area contributed by atoms with E-state index in [0.717, 1.165) is 11.3 Å². The van der Waals surface area contributed by atoms with E-state index < -0.39 is 18.5 Å². The van der Waals surface area contributed by atoms with Gasteiger partial charge in [0.2, 0.25) is 0 Å². The van der Waals surface area contributed by atoms with Crippen molar-refractivity contribution in [3.63, 3.8) is 0 Å². The number of Topliss-reactive ketones (excluding diaryl/α,β-unsaturated/α-hetero) is 1. The zero-order valence-corrected chi connectivity index (χ0v) is 14.4. The van der Waals surface area contributed by atoms with Gasteiger partial charge in [-0.15, -0.1) is 0 Å². The van der Waals surface area contributed by atoms with Gasteiger partial charge in [-0.1, -0.05) is 17.3 Å². The van der Waals surface area contributed by atoms with Crippen LogP contribution in [-0.4, -0.2) is 29.4 Å². The molecule has 0 aliphatic carbocycles. The molecule has 1 N–H and O–H groups in total. The summed E-state index contributed by atoms with van der Waals surface area (Å²) >= 11 is 0. The minimum Gasteiger partial charge on any atom is -0.456 e. The average Bonchev–Trinajstić information content (AvgIpc) is 2.89. The van der Waals surface area contributed by atoms with E-state index in [1.165, 1.54) is 6.92 Å². The Labute approximate surface area is 145 Å². The van der Waals surface area contributed by atoms with Gasteiger partial charge in [0.1, 0.15) is 5.76 Å². The molecule has 7 heteroatoms. The molecule has 132 valence electrons. The predicted octanol–water partition coefficient (Wildman–Crippen LogP) is 2.61. The molecule has 1 aromatic heterocycles. The number of ether oxygens (including phenoxy) is 1. The number of hydrogen-bond acceptors (Lipinski definition) is 6. The number of carbonyl (C=O) groups is 3. The van der Waals surface area contributed by atoms with E-state index in [1.54, 1.807) is 38.1 Å². The molecule has 2 rings (SSSR count). The molecule has 1 aromatic carbocycles. The number of nitrogens with one attached hydrogen (secondary N) is 1. The molecular formula is C18H20N2O5. The van der Waals surface area contributed by atoms with E-state index in [0.29, 0.717) is 23.4 Å². The molecule has 2 aromatic rings. The van der Waals surface area contributed by atoms with Crippen molar-refractivity contribution >= 4 is 23.3 Å². The summed E-state index contributed by atoms with van der Waals surface area (Å²) in [5, 5.41) is 6.39. The van der Waals surface area contributed by atoms with E-state index in [2.05, 4.69) is 10.5 Å². The molecule has 0 saturated carbocycles. The highest BCUT2D eigenvalue weighted by atomic mass is 16.5. The quantitative estimate of drug-likeness (QED) is 0.612. The van der Waals surface area contributed by atoms with Gasteiger partial charge in [-0.3, -0.25) is 14.4 Å². The van der Waals surface area contributed by atoms with Crippen molar-refractivity contribution < 1.29 is 23.6 Å². The third-order valence-corrected chi connectivity index (χ3v) is 3.71. The summed E-state index contributed by atoms with van der Waals surface area (Å²) in [7, 11) is 0. The summed E-state index contributed by atoms with van der Waals surface area (Å²) in [6.07, 6.45) is 0.564. The molecule has 7 nitrogen and oxygen atoms in total. The second-order valence-electron chi connectivity index (χ2n) is 5.61. The average molecular weight is 344 g/mol. The lowest BCUT2D eigenvalue weighted by Crippen LogP contribution is -2.22. The first-order chi connectivity index (χ1) is 11.9. The largest absolute Gasteiger partial charge is 0.456 e. The van der Waals surface area contributed by atoms with Gasteiger partial charge in [-0.05, 0) is 39.3 Å². The van der Waals surface area contributed by atoms with Crippen molar-refractivity contribution in [1.82, 2.24) is 5.16 Å². The molecular weight excluding hydrogens is 324 g/mol. The Bertz CT molecular complexity index is 775. The minimum absolute atomic E-state index is 0.125. The van der Waals surface area contributed by atoms with E-state index in [9.17, 15) is 14.4 Å². The zero-order chi connectivity index (χ0) is 18.4. The highest BCUT2D eigenvalue weighted by molar-refractivity contribution is 6.04. The highest BCUT2D eigenvalue weighted by Gasteiger charge is 2.14. The number of benzene rings is 1. The van der Waals surface area contributed by atoms with Gasteiger partial charge in [0.05, 0.1) is 11.4 Å². The fraction of sp³-hybridized carbons (Fsp3) is 0.333. The number of esters is 1. The maximum atomic E-state index is 11.9. The summed E-state index contributed by atoms with van der Waals surface area (Å²) in [6.45, 7) is 4.59. The lowest BCUT2D eigenvalue weighted by molar-refractivity contribution is -0.147. The van der Waals surface area contributed by atoms with Crippen LogP contribution in [0.15, 0.2) is 28.8 Å². The van der Waals surface area contributed by atoms with Gasteiger partial charge in [-0.25, -0.2) is 0 Å². The van der Waals surface area contributed by atoms with E-state index >= 15 is 0 Å². The van der Waals surface area contributed by atoms with Crippen LogP contribution in [0, 0.1) is 13.8 Å². The van der Waals surface area contributed by atoms with Gasteiger partial charge >= 0.3 is 5.97 Å². The predicted molar refractivity (Wildman–Crippen MR) is 90.3 cm³/mol. The lowest BCUT2D eigenvalue weighted by atomic mass is 10.1. The number of carbonyl (C=O) groups excluding carboxylic acids is 3. The smallest absolute Gasteiger partial charge is 0.306 e. The molecule has 0 atom stereocenters. The molecule has 0 aliphatic heterocycles. The monoisotopic (exact) mass is 344 g/mol.